The molecule has 0 aromatic heterocycles. The highest BCUT2D eigenvalue weighted by Gasteiger charge is 2.10. The third-order valence-electron chi connectivity index (χ3n) is 4.34. The minimum absolute atomic E-state index is 0.746. The highest BCUT2D eigenvalue weighted by molar-refractivity contribution is 9.09. The van der Waals surface area contributed by atoms with Crippen LogP contribution in [0.3, 0.4) is 0 Å². The van der Waals surface area contributed by atoms with Gasteiger partial charge in [-0.1, -0.05) is 114 Å². The third-order valence-corrected chi connectivity index (χ3v) is 5.71. The molecule has 0 amide bonds. The van der Waals surface area contributed by atoms with Crippen molar-refractivity contribution in [3.05, 3.63) is 0 Å². The van der Waals surface area contributed by atoms with Gasteiger partial charge < -0.3 is 0 Å². The average Bonchev–Trinajstić information content (AvgIpc) is 2.43. The summed E-state index contributed by atoms with van der Waals surface area (Å²) >= 11 is 3.83. The van der Waals surface area contributed by atoms with Crippen LogP contribution in [0.2, 0.25) is 0 Å². The molecule has 0 saturated heterocycles. The van der Waals surface area contributed by atoms with Crippen molar-refractivity contribution in [2.75, 3.05) is 0 Å². The molecule has 0 aliphatic heterocycles. The Kier molecular flexibility index (Phi) is 15.3. The zero-order valence-corrected chi connectivity index (χ0v) is 15.3. The monoisotopic (exact) mass is 332 g/mol. The Balaban J connectivity index is 3.10. The predicted octanol–water partition coefficient (Wildman–Crippen LogP) is 7.50. The topological polar surface area (TPSA) is 0 Å². The fraction of sp³-hybridized carbons (Fsp3) is 1.00. The lowest BCUT2D eigenvalue weighted by molar-refractivity contribution is 0.486. The van der Waals surface area contributed by atoms with E-state index in [-0.39, 0.29) is 0 Å². The lowest BCUT2D eigenvalue weighted by atomic mass is 9.99. The van der Waals surface area contributed by atoms with Crippen LogP contribution in [-0.2, 0) is 0 Å². The Bertz CT molecular complexity index is 167. The molecular formula is C18H37Br. The van der Waals surface area contributed by atoms with Gasteiger partial charge >= 0.3 is 0 Å². The van der Waals surface area contributed by atoms with Crippen LogP contribution in [-0.4, -0.2) is 4.83 Å². The van der Waals surface area contributed by atoms with Gasteiger partial charge in [0.2, 0.25) is 0 Å². The van der Waals surface area contributed by atoms with E-state index in [0.29, 0.717) is 0 Å². The van der Waals surface area contributed by atoms with Crippen LogP contribution in [0.5, 0.6) is 0 Å². The molecule has 0 rings (SSSR count). The fourth-order valence-corrected chi connectivity index (χ4v) is 3.24. The summed E-state index contributed by atoms with van der Waals surface area (Å²) in [6.07, 6.45) is 18.6. The van der Waals surface area contributed by atoms with Crippen LogP contribution in [0.25, 0.3) is 0 Å². The van der Waals surface area contributed by atoms with E-state index in [1.165, 1.54) is 83.5 Å². The summed E-state index contributed by atoms with van der Waals surface area (Å²) < 4.78 is 0. The molecule has 0 bridgehead atoms. The first-order chi connectivity index (χ1) is 9.22. The van der Waals surface area contributed by atoms with E-state index < -0.39 is 0 Å². The number of hydrogen-bond donors (Lipinski definition) is 0. The molecule has 0 radical (unpaired) electrons. The molecule has 0 aromatic rings. The van der Waals surface area contributed by atoms with E-state index in [4.69, 9.17) is 0 Å². The van der Waals surface area contributed by atoms with Gasteiger partial charge in [-0.2, -0.15) is 0 Å². The molecule has 0 spiro atoms. The molecule has 0 heterocycles. The maximum absolute atomic E-state index is 3.83. The van der Waals surface area contributed by atoms with Crippen molar-refractivity contribution < 1.29 is 0 Å². The molecule has 0 N–H and O–H groups in total. The molecule has 0 aliphatic carbocycles. The molecule has 2 unspecified atom stereocenters. The van der Waals surface area contributed by atoms with Crippen molar-refractivity contribution in [1.29, 1.82) is 0 Å². The normalized spacial score (nSPS) is 14.5. The molecule has 0 aliphatic rings. The second-order valence-electron chi connectivity index (χ2n) is 6.23. The number of alkyl halides is 1. The van der Waals surface area contributed by atoms with Gasteiger partial charge in [0.1, 0.15) is 0 Å². The Morgan fingerprint density at radius 1 is 0.684 bits per heavy atom. The highest BCUT2D eigenvalue weighted by Crippen LogP contribution is 2.22. The van der Waals surface area contributed by atoms with E-state index in [2.05, 4.69) is 36.7 Å². The van der Waals surface area contributed by atoms with Gasteiger partial charge in [0, 0.05) is 4.83 Å². The summed E-state index contributed by atoms with van der Waals surface area (Å²) in [7, 11) is 0. The summed E-state index contributed by atoms with van der Waals surface area (Å²) in [5.74, 6) is 0.836. The van der Waals surface area contributed by atoms with Crippen molar-refractivity contribution in [2.24, 2.45) is 5.92 Å². The van der Waals surface area contributed by atoms with Crippen LogP contribution in [0, 0.1) is 5.92 Å². The first-order valence-electron chi connectivity index (χ1n) is 8.86. The third kappa shape index (κ3) is 13.2. The van der Waals surface area contributed by atoms with Gasteiger partial charge in [-0.25, -0.2) is 0 Å². The second-order valence-corrected chi connectivity index (χ2v) is 7.40. The predicted molar refractivity (Wildman–Crippen MR) is 93.2 cm³/mol. The Morgan fingerprint density at radius 2 is 1.11 bits per heavy atom. The van der Waals surface area contributed by atoms with Crippen LogP contribution in [0.15, 0.2) is 0 Å². The maximum Gasteiger partial charge on any atom is 0.0171 e. The van der Waals surface area contributed by atoms with E-state index in [9.17, 15) is 0 Å². The zero-order valence-electron chi connectivity index (χ0n) is 13.7. The van der Waals surface area contributed by atoms with Crippen LogP contribution < -0.4 is 0 Å². The number of unbranched alkanes of at least 4 members (excludes halogenated alkanes) is 10. The minimum Gasteiger partial charge on any atom is -0.0888 e. The van der Waals surface area contributed by atoms with Crippen molar-refractivity contribution in [1.82, 2.24) is 0 Å². The molecule has 0 aromatic carbocycles. The quantitative estimate of drug-likeness (QED) is 0.228. The smallest absolute Gasteiger partial charge is 0.0171 e. The van der Waals surface area contributed by atoms with E-state index >= 15 is 0 Å². The summed E-state index contributed by atoms with van der Waals surface area (Å²) in [5.41, 5.74) is 0. The highest BCUT2D eigenvalue weighted by atomic mass is 79.9. The van der Waals surface area contributed by atoms with Crippen LogP contribution in [0.4, 0.5) is 0 Å². The van der Waals surface area contributed by atoms with Gasteiger partial charge in [-0.3, -0.25) is 0 Å². The standard InChI is InChI=1S/C18H37Br/c1-4-6-7-8-9-10-11-12-13-14-15-16-18(19)17(3)5-2/h17-18H,4-16H2,1-3H3. The second kappa shape index (κ2) is 14.9. The zero-order chi connectivity index (χ0) is 14.3. The first kappa shape index (κ1) is 19.5. The largest absolute Gasteiger partial charge is 0.0888 e. The van der Waals surface area contributed by atoms with Crippen molar-refractivity contribution in [3.8, 4) is 0 Å². The van der Waals surface area contributed by atoms with E-state index in [1.807, 2.05) is 0 Å². The molecule has 0 nitrogen and oxygen atoms in total. The molecule has 0 saturated carbocycles. The molecule has 116 valence electrons. The summed E-state index contributed by atoms with van der Waals surface area (Å²) in [6.45, 7) is 6.94. The van der Waals surface area contributed by atoms with Crippen LogP contribution in [0.1, 0.15) is 104 Å². The van der Waals surface area contributed by atoms with Gasteiger partial charge in [0.05, 0.1) is 0 Å². The van der Waals surface area contributed by atoms with Gasteiger partial charge in [0.25, 0.3) is 0 Å². The minimum atomic E-state index is 0.746. The van der Waals surface area contributed by atoms with Crippen LogP contribution >= 0.6 is 15.9 Å². The van der Waals surface area contributed by atoms with Crippen molar-refractivity contribution in [3.63, 3.8) is 0 Å². The molecule has 2 atom stereocenters. The molecular weight excluding hydrogens is 296 g/mol. The van der Waals surface area contributed by atoms with Gasteiger partial charge in [-0.05, 0) is 12.3 Å². The van der Waals surface area contributed by atoms with Crippen molar-refractivity contribution in [2.45, 2.75) is 109 Å². The summed E-state index contributed by atoms with van der Waals surface area (Å²) in [4.78, 5) is 0.746. The Hall–Kier alpha value is 0.480. The summed E-state index contributed by atoms with van der Waals surface area (Å²) in [5, 5.41) is 0. The lowest BCUT2D eigenvalue weighted by Gasteiger charge is -2.15. The fourth-order valence-electron chi connectivity index (χ4n) is 2.54. The van der Waals surface area contributed by atoms with E-state index in [1.54, 1.807) is 0 Å². The van der Waals surface area contributed by atoms with Gasteiger partial charge in [0.15, 0.2) is 0 Å². The van der Waals surface area contributed by atoms with E-state index in [0.717, 1.165) is 10.7 Å². The Labute approximate surface area is 131 Å². The number of rotatable bonds is 14. The lowest BCUT2D eigenvalue weighted by Crippen LogP contribution is -2.09. The summed E-state index contributed by atoms with van der Waals surface area (Å²) in [6, 6.07) is 0. The number of halogens is 1. The maximum atomic E-state index is 3.83. The molecule has 1 heteroatoms. The van der Waals surface area contributed by atoms with Gasteiger partial charge in [-0.15, -0.1) is 0 Å². The van der Waals surface area contributed by atoms with Crippen molar-refractivity contribution >= 4 is 15.9 Å². The average molecular weight is 333 g/mol. The molecule has 0 fully saturated rings. The Morgan fingerprint density at radius 3 is 1.53 bits per heavy atom. The number of hydrogen-bond acceptors (Lipinski definition) is 0. The molecule has 19 heavy (non-hydrogen) atoms. The SMILES string of the molecule is CCCCCCCCCCCCCC(Br)C(C)CC. The first-order valence-corrected chi connectivity index (χ1v) is 9.78.